The van der Waals surface area contributed by atoms with Crippen LogP contribution in [0.1, 0.15) is 18.9 Å². The van der Waals surface area contributed by atoms with Gasteiger partial charge in [-0.05, 0) is 48.4 Å². The maximum absolute atomic E-state index is 12.8. The average Bonchev–Trinajstić information content (AvgIpc) is 3.34. The Hall–Kier alpha value is -1.26. The number of fused-ring (bicyclic) bond motifs is 5. The van der Waals surface area contributed by atoms with Crippen molar-refractivity contribution in [1.29, 1.82) is 0 Å². The van der Waals surface area contributed by atoms with E-state index in [2.05, 4.69) is 53.1 Å². The van der Waals surface area contributed by atoms with Gasteiger partial charge in [0.15, 0.2) is 6.61 Å². The molecule has 0 aromatic heterocycles. The van der Waals surface area contributed by atoms with Gasteiger partial charge in [0.1, 0.15) is 6.54 Å². The fraction of sp³-hybridized carbons (Fsp3) is 0.524. The molecule has 4 rings (SSSR count). The second kappa shape index (κ2) is 8.94. The van der Waals surface area contributed by atoms with Gasteiger partial charge in [-0.2, -0.15) is 0 Å². The van der Waals surface area contributed by atoms with E-state index < -0.39 is 25.0 Å². The number of alkyl halides is 2. The first-order chi connectivity index (χ1) is 14.7. The number of anilines is 1. The number of rotatable bonds is 6. The van der Waals surface area contributed by atoms with Gasteiger partial charge >= 0.3 is 5.97 Å². The lowest BCUT2D eigenvalue weighted by Gasteiger charge is -2.28. The van der Waals surface area contributed by atoms with Crippen molar-refractivity contribution >= 4 is 77.2 Å². The normalized spacial score (nSPS) is 31.2. The molecule has 1 saturated heterocycles. The Balaban J connectivity index is 1.32. The minimum atomic E-state index is -0.776. The molecule has 2 bridgehead atoms. The topological polar surface area (TPSA) is 92.8 Å². The zero-order chi connectivity index (χ0) is 22.4. The molecule has 0 spiro atoms. The summed E-state index contributed by atoms with van der Waals surface area (Å²) >= 11 is 10.7. The van der Waals surface area contributed by atoms with Gasteiger partial charge in [-0.15, -0.1) is 0 Å². The van der Waals surface area contributed by atoms with Crippen LogP contribution in [0.25, 0.3) is 0 Å². The minimum absolute atomic E-state index is 0.0845. The number of likely N-dealkylation sites (tertiary alicyclic amines) is 1. The zero-order valence-electron chi connectivity index (χ0n) is 16.6. The Labute approximate surface area is 205 Å². The third kappa shape index (κ3) is 4.11. The maximum atomic E-state index is 12.8. The van der Waals surface area contributed by atoms with Crippen molar-refractivity contribution in [2.45, 2.75) is 29.4 Å². The predicted molar refractivity (Wildman–Crippen MR) is 124 cm³/mol. The van der Waals surface area contributed by atoms with E-state index >= 15 is 0 Å². The molecule has 3 amide bonds. The molecule has 1 aromatic rings. The standard InChI is InChI=1S/C21H21Br3N2O5/c1-2-9-5-10(22)3-4-13(9)25-14(27)8-31-15(28)7-26-20(29)16-11-6-12(17(16)21(26)30)19(24)18(11)23/h3-5,11-12,16-19H,2,6-8H2,1H3,(H,25,27)/t11-,12-,16-,17+,18-,19+/m1/s1. The molecule has 3 fully saturated rings. The van der Waals surface area contributed by atoms with Crippen LogP contribution in [0.2, 0.25) is 0 Å². The van der Waals surface area contributed by atoms with Crippen molar-refractivity contribution in [2.75, 3.05) is 18.5 Å². The van der Waals surface area contributed by atoms with Crippen molar-refractivity contribution in [2.24, 2.45) is 23.7 Å². The number of benzene rings is 1. The van der Waals surface area contributed by atoms with Gasteiger partial charge in [0.05, 0.1) is 11.8 Å². The lowest BCUT2D eigenvalue weighted by Crippen LogP contribution is -2.38. The summed E-state index contributed by atoms with van der Waals surface area (Å²) < 4.78 is 5.95. The average molecular weight is 621 g/mol. The van der Waals surface area contributed by atoms with E-state index in [4.69, 9.17) is 4.74 Å². The van der Waals surface area contributed by atoms with Crippen molar-refractivity contribution < 1.29 is 23.9 Å². The highest BCUT2D eigenvalue weighted by Gasteiger charge is 2.66. The lowest BCUT2D eigenvalue weighted by molar-refractivity contribution is -0.154. The largest absolute Gasteiger partial charge is 0.454 e. The quantitative estimate of drug-likeness (QED) is 0.300. The van der Waals surface area contributed by atoms with Crippen LogP contribution in [0.15, 0.2) is 22.7 Å². The molecule has 3 aliphatic rings. The Kier molecular flexibility index (Phi) is 6.61. The molecule has 1 aliphatic heterocycles. The smallest absolute Gasteiger partial charge is 0.326 e. The van der Waals surface area contributed by atoms with Crippen LogP contribution in [0.4, 0.5) is 5.69 Å². The molecular weight excluding hydrogens is 600 g/mol. The van der Waals surface area contributed by atoms with Gasteiger partial charge < -0.3 is 10.1 Å². The Bertz CT molecular complexity index is 923. The molecule has 0 radical (unpaired) electrons. The number of aryl methyl sites for hydroxylation is 1. The summed E-state index contributed by atoms with van der Waals surface area (Å²) in [5.74, 6) is -2.47. The molecule has 10 heteroatoms. The molecule has 2 saturated carbocycles. The number of imide groups is 1. The number of esters is 1. The van der Waals surface area contributed by atoms with E-state index in [0.29, 0.717) is 5.69 Å². The monoisotopic (exact) mass is 618 g/mol. The Morgan fingerprint density at radius 3 is 2.32 bits per heavy atom. The van der Waals surface area contributed by atoms with E-state index in [1.807, 2.05) is 19.1 Å². The number of carbonyl (C=O) groups excluding carboxylic acids is 4. The van der Waals surface area contributed by atoms with Crippen molar-refractivity contribution in [3.8, 4) is 0 Å². The first-order valence-corrected chi connectivity index (χ1v) is 12.7. The summed E-state index contributed by atoms with van der Waals surface area (Å²) in [6.07, 6.45) is 1.55. The summed E-state index contributed by atoms with van der Waals surface area (Å²) in [7, 11) is 0. The maximum Gasteiger partial charge on any atom is 0.326 e. The number of hydrogen-bond acceptors (Lipinski definition) is 5. The van der Waals surface area contributed by atoms with Gasteiger partial charge in [-0.3, -0.25) is 24.1 Å². The molecule has 7 nitrogen and oxygen atoms in total. The molecule has 1 heterocycles. The molecule has 2 aliphatic carbocycles. The van der Waals surface area contributed by atoms with E-state index in [-0.39, 0.29) is 45.1 Å². The Morgan fingerprint density at radius 2 is 1.74 bits per heavy atom. The summed E-state index contributed by atoms with van der Waals surface area (Å²) in [6, 6.07) is 5.49. The molecule has 31 heavy (non-hydrogen) atoms. The molecule has 6 atom stereocenters. The number of carbonyl (C=O) groups is 4. The molecule has 1 aromatic carbocycles. The number of hydrogen-bond donors (Lipinski definition) is 1. The van der Waals surface area contributed by atoms with Crippen molar-refractivity contribution in [3.05, 3.63) is 28.2 Å². The number of nitrogens with one attached hydrogen (secondary N) is 1. The number of amides is 3. The van der Waals surface area contributed by atoms with Crippen LogP contribution in [0.3, 0.4) is 0 Å². The summed E-state index contributed by atoms with van der Waals surface area (Å²) in [6.45, 7) is 1.02. The number of ether oxygens (including phenoxy) is 1. The molecule has 0 unspecified atom stereocenters. The fourth-order valence-electron chi connectivity index (χ4n) is 5.05. The van der Waals surface area contributed by atoms with Crippen LogP contribution in [-0.4, -0.2) is 51.4 Å². The van der Waals surface area contributed by atoms with Crippen LogP contribution in [0, 0.1) is 23.7 Å². The highest BCUT2D eigenvalue weighted by atomic mass is 79.9. The van der Waals surface area contributed by atoms with Crippen LogP contribution in [-0.2, 0) is 30.3 Å². The van der Waals surface area contributed by atoms with Gasteiger partial charge in [-0.25, -0.2) is 0 Å². The second-order valence-electron chi connectivity index (χ2n) is 8.13. The van der Waals surface area contributed by atoms with E-state index in [1.165, 1.54) is 0 Å². The highest BCUT2D eigenvalue weighted by molar-refractivity contribution is 9.12. The molecule has 1 N–H and O–H groups in total. The minimum Gasteiger partial charge on any atom is -0.454 e. The van der Waals surface area contributed by atoms with E-state index in [9.17, 15) is 19.2 Å². The van der Waals surface area contributed by atoms with E-state index in [1.54, 1.807) is 6.07 Å². The van der Waals surface area contributed by atoms with Gasteiger partial charge in [0, 0.05) is 19.8 Å². The van der Waals surface area contributed by atoms with Gasteiger partial charge in [0.2, 0.25) is 11.8 Å². The van der Waals surface area contributed by atoms with Gasteiger partial charge in [0.25, 0.3) is 5.91 Å². The third-order valence-electron chi connectivity index (χ3n) is 6.45. The SMILES string of the molecule is CCc1cc(Br)ccc1NC(=O)COC(=O)CN1C(=O)[C@@H]2[C@H]3C[C@@H]([C@H](Br)[C@@H]3Br)[C@@H]2C1=O. The van der Waals surface area contributed by atoms with Crippen LogP contribution in [0.5, 0.6) is 0 Å². The first kappa shape index (κ1) is 22.9. The summed E-state index contributed by atoms with van der Waals surface area (Å²) in [4.78, 5) is 51.4. The summed E-state index contributed by atoms with van der Waals surface area (Å²) in [5, 5.41) is 2.72. The zero-order valence-corrected chi connectivity index (χ0v) is 21.4. The highest BCUT2D eigenvalue weighted by Crippen LogP contribution is 2.60. The number of nitrogens with zero attached hydrogens (tertiary/aromatic N) is 1. The Morgan fingerprint density at radius 1 is 1.13 bits per heavy atom. The van der Waals surface area contributed by atoms with Crippen molar-refractivity contribution in [3.63, 3.8) is 0 Å². The van der Waals surface area contributed by atoms with Crippen LogP contribution >= 0.6 is 47.8 Å². The third-order valence-corrected chi connectivity index (χ3v) is 10.2. The van der Waals surface area contributed by atoms with E-state index in [0.717, 1.165) is 27.8 Å². The van der Waals surface area contributed by atoms with Crippen molar-refractivity contribution in [1.82, 2.24) is 4.90 Å². The predicted octanol–water partition coefficient (Wildman–Crippen LogP) is 3.27. The first-order valence-electron chi connectivity index (χ1n) is 10.1. The lowest BCUT2D eigenvalue weighted by atomic mass is 9.81. The molecular formula is C21H21Br3N2O5. The van der Waals surface area contributed by atoms with Gasteiger partial charge in [-0.1, -0.05) is 54.7 Å². The number of halogens is 3. The van der Waals surface area contributed by atoms with Crippen LogP contribution < -0.4 is 5.32 Å². The molecule has 166 valence electrons. The summed E-state index contributed by atoms with van der Waals surface area (Å²) in [5.41, 5.74) is 1.59. The second-order valence-corrected chi connectivity index (χ2v) is 11.2. The fourth-order valence-corrected chi connectivity index (χ4v) is 7.33.